The molecule has 0 bridgehead atoms. The van der Waals surface area contributed by atoms with Crippen LogP contribution in [0.1, 0.15) is 114 Å². The molecular weight excluding hydrogens is 591 g/mol. The van der Waals surface area contributed by atoms with E-state index in [1.54, 1.807) is 0 Å². The van der Waals surface area contributed by atoms with Crippen molar-refractivity contribution in [1.29, 1.82) is 0 Å². The Morgan fingerprint density at radius 3 is 2.06 bits per heavy atom. The fourth-order valence-electron chi connectivity index (χ4n) is 9.84. The van der Waals surface area contributed by atoms with Gasteiger partial charge in [-0.1, -0.05) is 59.7 Å². The second kappa shape index (κ2) is 9.78. The van der Waals surface area contributed by atoms with Crippen LogP contribution in [0.2, 0.25) is 0 Å². The Bertz CT molecular complexity index is 2220. The molecule has 4 heterocycles. The highest BCUT2D eigenvalue weighted by molar-refractivity contribution is 7.22. The number of aromatic nitrogens is 1. The summed E-state index contributed by atoms with van der Waals surface area (Å²) in [6.45, 7) is 30.7. The van der Waals surface area contributed by atoms with E-state index in [4.69, 9.17) is 0 Å². The van der Waals surface area contributed by atoms with E-state index < -0.39 is 5.79 Å². The third-order valence-corrected chi connectivity index (χ3v) is 12.6. The van der Waals surface area contributed by atoms with E-state index in [0.717, 1.165) is 0 Å². The monoisotopic (exact) mass is 641 g/mol. The largest absolute Gasteiger partial charge is 0.479 e. The zero-order valence-corrected chi connectivity index (χ0v) is 31.5. The van der Waals surface area contributed by atoms with Crippen LogP contribution in [0.25, 0.3) is 42.7 Å². The molecular formula is C43H51N3S+2. The predicted molar refractivity (Wildman–Crippen MR) is 200 cm³/mol. The number of rotatable bonds is 4. The summed E-state index contributed by atoms with van der Waals surface area (Å²) < 4.78 is 6.94. The number of amidine groups is 1. The minimum absolute atomic E-state index is 0.0858. The van der Waals surface area contributed by atoms with E-state index in [0.29, 0.717) is 23.9 Å². The lowest BCUT2D eigenvalue weighted by atomic mass is 9.80. The van der Waals surface area contributed by atoms with E-state index in [1.165, 1.54) is 87.5 Å². The number of thiophene rings is 1. The Labute approximate surface area is 285 Å². The van der Waals surface area contributed by atoms with Gasteiger partial charge < -0.3 is 0 Å². The van der Waals surface area contributed by atoms with E-state index in [-0.39, 0.29) is 5.41 Å². The third kappa shape index (κ3) is 3.63. The number of hydrogen-bond acceptors (Lipinski definition) is 2. The molecule has 1 unspecified atom stereocenters. The van der Waals surface area contributed by atoms with Crippen molar-refractivity contribution in [2.24, 2.45) is 5.92 Å². The van der Waals surface area contributed by atoms with Crippen LogP contribution in [0, 0.1) is 26.7 Å². The average Bonchev–Trinajstić information content (AvgIpc) is 3.56. The van der Waals surface area contributed by atoms with Gasteiger partial charge in [-0.2, -0.15) is 9.48 Å². The lowest BCUT2D eigenvalue weighted by Gasteiger charge is -2.46. The van der Waals surface area contributed by atoms with Gasteiger partial charge >= 0.3 is 5.79 Å². The van der Waals surface area contributed by atoms with Gasteiger partial charge in [0.1, 0.15) is 17.6 Å². The molecule has 3 nitrogen and oxygen atoms in total. The quantitative estimate of drug-likeness (QED) is 0.178. The molecule has 0 saturated heterocycles. The molecule has 5 aromatic rings. The third-order valence-electron chi connectivity index (χ3n) is 11.4. The molecule has 2 aromatic heterocycles. The van der Waals surface area contributed by atoms with E-state index in [1.807, 2.05) is 11.3 Å². The van der Waals surface area contributed by atoms with Gasteiger partial charge in [0.2, 0.25) is 11.2 Å². The molecule has 0 fully saturated rings. The van der Waals surface area contributed by atoms with Crippen LogP contribution in [-0.4, -0.2) is 27.4 Å². The highest BCUT2D eigenvalue weighted by Crippen LogP contribution is 2.61. The molecule has 2 aliphatic heterocycles. The van der Waals surface area contributed by atoms with Crippen molar-refractivity contribution < 1.29 is 9.14 Å². The number of benzene rings is 3. The van der Waals surface area contributed by atoms with E-state index >= 15 is 0 Å². The highest BCUT2D eigenvalue weighted by atomic mass is 32.1. The maximum Gasteiger partial charge on any atom is 0.479 e. The van der Waals surface area contributed by atoms with E-state index in [2.05, 4.69) is 153 Å². The molecule has 1 aliphatic carbocycles. The van der Waals surface area contributed by atoms with Gasteiger partial charge in [-0.3, -0.25) is 0 Å². The average molecular weight is 642 g/mol. The fourth-order valence-corrected chi connectivity index (χ4v) is 11.3. The number of hydrogen-bond donors (Lipinski definition) is 0. The first kappa shape index (κ1) is 30.8. The molecule has 0 radical (unpaired) electrons. The molecule has 0 amide bonds. The summed E-state index contributed by atoms with van der Waals surface area (Å²) in [5.41, 5.74) is 15.4. The Hall–Kier alpha value is -3.50. The molecule has 242 valence electrons. The van der Waals surface area contributed by atoms with Crippen LogP contribution in [0.5, 0.6) is 0 Å². The number of fused-ring (bicyclic) bond motifs is 13. The SMILES string of the molecule is Cc1cc(C)c2c(C)cc3[n+](c2c1)C1(c2ccc4c(c2-3)-c2sc3ccc(C(C)C)cc3c2C4(C)C)N(C(C)C)C(C(C)C)=[N+]1C(C)C. The number of aryl methyl sites for hydroxylation is 3. The summed E-state index contributed by atoms with van der Waals surface area (Å²) in [7, 11) is 0. The highest BCUT2D eigenvalue weighted by Gasteiger charge is 2.77. The first-order valence-corrected chi connectivity index (χ1v) is 18.6. The van der Waals surface area contributed by atoms with Crippen molar-refractivity contribution in [3.63, 3.8) is 0 Å². The van der Waals surface area contributed by atoms with Crippen LogP contribution in [-0.2, 0) is 11.2 Å². The van der Waals surface area contributed by atoms with Crippen molar-refractivity contribution in [3.05, 3.63) is 87.5 Å². The normalized spacial score (nSPS) is 19.2. The maximum atomic E-state index is 2.77. The van der Waals surface area contributed by atoms with Crippen molar-refractivity contribution in [2.45, 2.75) is 119 Å². The van der Waals surface area contributed by atoms with Crippen molar-refractivity contribution in [2.75, 3.05) is 0 Å². The topological polar surface area (TPSA) is 10.1 Å². The summed E-state index contributed by atoms with van der Waals surface area (Å²) >= 11 is 2.01. The molecule has 8 rings (SSSR count). The Kier molecular flexibility index (Phi) is 6.41. The molecule has 1 spiro atoms. The second-order valence-corrected chi connectivity index (χ2v) is 17.4. The van der Waals surface area contributed by atoms with Crippen LogP contribution in [0.3, 0.4) is 0 Å². The molecule has 0 N–H and O–H groups in total. The molecule has 1 atom stereocenters. The number of pyridine rings is 1. The Balaban J connectivity index is 1.59. The lowest BCUT2D eigenvalue weighted by molar-refractivity contribution is -0.955. The van der Waals surface area contributed by atoms with Gasteiger partial charge in [-0.25, -0.2) is 0 Å². The van der Waals surface area contributed by atoms with Crippen LogP contribution < -0.4 is 4.57 Å². The maximum absolute atomic E-state index is 2.77. The molecule has 3 aliphatic rings. The summed E-state index contributed by atoms with van der Waals surface area (Å²) in [6, 6.07) is 20.3. The number of nitrogens with zero attached hydrogens (tertiary/aromatic N) is 3. The lowest BCUT2D eigenvalue weighted by Crippen LogP contribution is -2.83. The first-order valence-electron chi connectivity index (χ1n) is 17.8. The van der Waals surface area contributed by atoms with E-state index in [9.17, 15) is 0 Å². The second-order valence-electron chi connectivity index (χ2n) is 16.4. The minimum Gasteiger partial charge on any atom is -0.156 e. The minimum atomic E-state index is -0.442. The van der Waals surface area contributed by atoms with Gasteiger partial charge in [0.15, 0.2) is 0 Å². The van der Waals surface area contributed by atoms with Crippen LogP contribution in [0.15, 0.2) is 48.5 Å². The molecule has 4 heteroatoms. The van der Waals surface area contributed by atoms with Gasteiger partial charge in [0.05, 0.1) is 16.9 Å². The molecule has 3 aromatic carbocycles. The predicted octanol–water partition coefficient (Wildman–Crippen LogP) is 10.5. The van der Waals surface area contributed by atoms with Gasteiger partial charge in [0, 0.05) is 32.7 Å². The van der Waals surface area contributed by atoms with Gasteiger partial charge in [0.25, 0.3) is 5.84 Å². The zero-order valence-electron chi connectivity index (χ0n) is 30.7. The van der Waals surface area contributed by atoms with Gasteiger partial charge in [-0.15, -0.1) is 15.9 Å². The Morgan fingerprint density at radius 2 is 1.43 bits per heavy atom. The standard InChI is InChI=1S/C43H51N3S/c1-22(2)29-14-17-35-30(21-29)39-40(47-35)38-31(42(39,12)13)15-16-32-37(38)34-20-28(11)36-27(10)18-26(9)19-33(36)46(34)43(32)44(24(5)6)41(23(3)4)45(43)25(7)8/h14-25H,1-13H3/q+2. The zero-order chi connectivity index (χ0) is 33.6. The van der Waals surface area contributed by atoms with Crippen LogP contribution >= 0.6 is 11.3 Å². The molecule has 47 heavy (non-hydrogen) atoms. The van der Waals surface area contributed by atoms with Crippen molar-refractivity contribution in [3.8, 4) is 21.7 Å². The first-order chi connectivity index (χ1) is 22.1. The smallest absolute Gasteiger partial charge is 0.156 e. The summed E-state index contributed by atoms with van der Waals surface area (Å²) in [5, 5.41) is 2.83. The fraction of sp³-hybridized carbons (Fsp3) is 0.442. The van der Waals surface area contributed by atoms with Crippen LogP contribution in [0.4, 0.5) is 0 Å². The summed E-state index contributed by atoms with van der Waals surface area (Å²) in [4.78, 5) is 4.24. The summed E-state index contributed by atoms with van der Waals surface area (Å²) in [5.74, 6) is 1.93. The van der Waals surface area contributed by atoms with Crippen molar-refractivity contribution in [1.82, 2.24) is 4.90 Å². The summed E-state index contributed by atoms with van der Waals surface area (Å²) in [6.07, 6.45) is 0. The molecule has 0 saturated carbocycles. The van der Waals surface area contributed by atoms with Crippen molar-refractivity contribution >= 4 is 38.2 Å². The van der Waals surface area contributed by atoms with Gasteiger partial charge in [-0.05, 0) is 111 Å². The Morgan fingerprint density at radius 1 is 0.745 bits per heavy atom.